The highest BCUT2D eigenvalue weighted by Crippen LogP contribution is 2.30. The fourth-order valence-corrected chi connectivity index (χ4v) is 2.90. The van der Waals surface area contributed by atoms with Gasteiger partial charge in [-0.15, -0.1) is 0 Å². The van der Waals surface area contributed by atoms with Gasteiger partial charge in [-0.05, 0) is 47.7 Å². The number of thioether (sulfide) groups is 1. The number of ether oxygens (including phenoxy) is 1. The van der Waals surface area contributed by atoms with Crippen LogP contribution in [0.5, 0.6) is 5.75 Å². The number of esters is 1. The number of carbonyl (C=O) groups excluding carboxylic acids is 3. The van der Waals surface area contributed by atoms with Gasteiger partial charge in [-0.25, -0.2) is 4.79 Å². The molecule has 120 valence electrons. The Morgan fingerprint density at radius 3 is 2.50 bits per heavy atom. The number of carbonyl (C=O) groups is 3. The van der Waals surface area contributed by atoms with E-state index in [1.165, 1.54) is 6.07 Å². The first-order chi connectivity index (χ1) is 11.5. The van der Waals surface area contributed by atoms with Gasteiger partial charge in [0.15, 0.2) is 0 Å². The fraction of sp³-hybridized carbons (Fsp3) is 0. The first-order valence-corrected chi connectivity index (χ1v) is 8.04. The molecule has 7 heteroatoms. The Morgan fingerprint density at radius 2 is 1.88 bits per heavy atom. The predicted octanol–water partition coefficient (Wildman–Crippen LogP) is 3.88. The molecule has 0 aliphatic carbocycles. The third-order valence-corrected chi connectivity index (χ3v) is 4.21. The van der Waals surface area contributed by atoms with Gasteiger partial charge in [-0.1, -0.05) is 35.9 Å². The van der Waals surface area contributed by atoms with E-state index in [0.29, 0.717) is 11.1 Å². The monoisotopic (exact) mass is 359 g/mol. The Balaban J connectivity index is 1.78. The molecule has 1 saturated heterocycles. The Bertz CT molecular complexity index is 864. The summed E-state index contributed by atoms with van der Waals surface area (Å²) in [5, 5.41) is 1.99. The molecule has 0 aromatic heterocycles. The van der Waals surface area contributed by atoms with E-state index in [9.17, 15) is 14.4 Å². The molecule has 0 radical (unpaired) electrons. The number of rotatable bonds is 3. The maximum atomic E-state index is 12.0. The van der Waals surface area contributed by atoms with E-state index < -0.39 is 17.1 Å². The minimum absolute atomic E-state index is 0.215. The van der Waals surface area contributed by atoms with E-state index in [1.807, 2.05) is 0 Å². The molecule has 0 saturated carbocycles. The van der Waals surface area contributed by atoms with Crippen LogP contribution in [0.4, 0.5) is 4.79 Å². The molecule has 1 N–H and O–H groups in total. The van der Waals surface area contributed by atoms with Gasteiger partial charge in [0.05, 0.1) is 15.5 Å². The zero-order chi connectivity index (χ0) is 17.1. The maximum absolute atomic E-state index is 12.0. The van der Waals surface area contributed by atoms with E-state index in [-0.39, 0.29) is 15.7 Å². The maximum Gasteiger partial charge on any atom is 0.343 e. The van der Waals surface area contributed by atoms with Crippen LogP contribution in [-0.4, -0.2) is 17.1 Å². The third-order valence-electron chi connectivity index (χ3n) is 3.11. The molecule has 0 spiro atoms. The molecule has 2 aromatic rings. The number of nitrogens with one attached hydrogen (secondary N) is 1. The Kier molecular flexibility index (Phi) is 4.69. The van der Waals surface area contributed by atoms with Crippen molar-refractivity contribution in [2.75, 3.05) is 0 Å². The molecule has 1 fully saturated rings. The molecule has 1 aliphatic rings. The van der Waals surface area contributed by atoms with Crippen LogP contribution in [0.2, 0.25) is 5.02 Å². The summed E-state index contributed by atoms with van der Waals surface area (Å²) in [5.41, 5.74) is 1.03. The molecule has 2 amide bonds. The molecule has 3 rings (SSSR count). The second-order valence-corrected chi connectivity index (χ2v) is 6.22. The van der Waals surface area contributed by atoms with Gasteiger partial charge in [0.25, 0.3) is 11.1 Å². The van der Waals surface area contributed by atoms with Gasteiger partial charge in [-0.2, -0.15) is 0 Å². The lowest BCUT2D eigenvalue weighted by Gasteiger charge is -2.07. The molecular formula is C17H10ClNO4S. The number of benzene rings is 2. The highest BCUT2D eigenvalue weighted by atomic mass is 35.5. The number of hydrogen-bond acceptors (Lipinski definition) is 5. The van der Waals surface area contributed by atoms with Gasteiger partial charge in [-0.3, -0.25) is 14.9 Å². The van der Waals surface area contributed by atoms with E-state index in [4.69, 9.17) is 16.3 Å². The van der Waals surface area contributed by atoms with Gasteiger partial charge in [0.1, 0.15) is 5.75 Å². The van der Waals surface area contributed by atoms with Crippen LogP contribution in [0.1, 0.15) is 15.9 Å². The van der Waals surface area contributed by atoms with Crippen molar-refractivity contribution in [1.29, 1.82) is 0 Å². The number of imide groups is 1. The zero-order valence-corrected chi connectivity index (χ0v) is 13.7. The smallest absolute Gasteiger partial charge is 0.343 e. The fourth-order valence-electron chi connectivity index (χ4n) is 2.00. The number of halogens is 1. The normalized spacial score (nSPS) is 15.5. The second kappa shape index (κ2) is 6.90. The summed E-state index contributed by atoms with van der Waals surface area (Å²) in [6.07, 6.45) is 1.54. The van der Waals surface area contributed by atoms with Gasteiger partial charge in [0, 0.05) is 0 Å². The largest absolute Gasteiger partial charge is 0.421 e. The van der Waals surface area contributed by atoms with Crippen molar-refractivity contribution in [2.24, 2.45) is 0 Å². The highest BCUT2D eigenvalue weighted by molar-refractivity contribution is 8.18. The molecular weight excluding hydrogens is 350 g/mol. The molecule has 1 aliphatic heterocycles. The van der Waals surface area contributed by atoms with Crippen LogP contribution in [-0.2, 0) is 4.79 Å². The van der Waals surface area contributed by atoms with E-state index >= 15 is 0 Å². The summed E-state index contributed by atoms with van der Waals surface area (Å²) >= 11 is 6.95. The average Bonchev–Trinajstić information content (AvgIpc) is 2.88. The molecule has 0 atom stereocenters. The van der Waals surface area contributed by atoms with Crippen molar-refractivity contribution in [3.63, 3.8) is 0 Å². The molecule has 5 nitrogen and oxygen atoms in total. The van der Waals surface area contributed by atoms with Crippen molar-refractivity contribution in [1.82, 2.24) is 5.32 Å². The lowest BCUT2D eigenvalue weighted by Crippen LogP contribution is -2.17. The minimum atomic E-state index is -0.514. The van der Waals surface area contributed by atoms with E-state index in [1.54, 1.807) is 48.5 Å². The summed E-state index contributed by atoms with van der Waals surface area (Å²) in [6, 6.07) is 13.3. The van der Waals surface area contributed by atoms with E-state index in [2.05, 4.69) is 5.32 Å². The molecule has 0 bridgehead atoms. The highest BCUT2D eigenvalue weighted by Gasteiger charge is 2.25. The quantitative estimate of drug-likeness (QED) is 0.511. The minimum Gasteiger partial charge on any atom is -0.421 e. The lowest BCUT2D eigenvalue weighted by atomic mass is 10.2. The van der Waals surface area contributed by atoms with Gasteiger partial charge < -0.3 is 4.74 Å². The first kappa shape index (κ1) is 16.3. The topological polar surface area (TPSA) is 72.5 Å². The van der Waals surface area contributed by atoms with Crippen LogP contribution in [0.3, 0.4) is 0 Å². The average molecular weight is 360 g/mol. The SMILES string of the molecule is O=C1NC(=O)C(=Cc2ccc(OC(=O)c3ccccc3)c(Cl)c2)S1. The van der Waals surface area contributed by atoms with Crippen LogP contribution < -0.4 is 10.1 Å². The van der Waals surface area contributed by atoms with E-state index in [0.717, 1.165) is 11.8 Å². The molecule has 0 unspecified atom stereocenters. The van der Waals surface area contributed by atoms with Crippen LogP contribution in [0, 0.1) is 0 Å². The molecule has 1 heterocycles. The van der Waals surface area contributed by atoms with Crippen molar-refractivity contribution in [3.8, 4) is 5.75 Å². The summed E-state index contributed by atoms with van der Waals surface area (Å²) < 4.78 is 5.26. The summed E-state index contributed by atoms with van der Waals surface area (Å²) in [6.45, 7) is 0. The Morgan fingerprint density at radius 1 is 1.12 bits per heavy atom. The Labute approximate surface area is 146 Å². The summed E-state index contributed by atoms with van der Waals surface area (Å²) in [7, 11) is 0. The van der Waals surface area contributed by atoms with Crippen molar-refractivity contribution < 1.29 is 19.1 Å². The summed E-state index contributed by atoms with van der Waals surface area (Å²) in [4.78, 5) is 35.0. The summed E-state index contributed by atoms with van der Waals surface area (Å²) in [5.74, 6) is -0.743. The van der Waals surface area contributed by atoms with Crippen molar-refractivity contribution in [3.05, 3.63) is 69.6 Å². The number of amides is 2. The third kappa shape index (κ3) is 3.67. The van der Waals surface area contributed by atoms with Crippen LogP contribution in [0.15, 0.2) is 53.4 Å². The number of hydrogen-bond donors (Lipinski definition) is 1. The second-order valence-electron chi connectivity index (χ2n) is 4.80. The van der Waals surface area contributed by atoms with Gasteiger partial charge >= 0.3 is 5.97 Å². The molecule has 24 heavy (non-hydrogen) atoms. The standard InChI is InChI=1S/C17H10ClNO4S/c18-12-8-10(9-14-15(20)19-17(22)24-14)6-7-13(12)23-16(21)11-4-2-1-3-5-11/h1-9H,(H,19,20,22). The Hall–Kier alpha value is -2.57. The van der Waals surface area contributed by atoms with Crippen molar-refractivity contribution >= 4 is 46.6 Å². The zero-order valence-electron chi connectivity index (χ0n) is 12.1. The first-order valence-electron chi connectivity index (χ1n) is 6.84. The predicted molar refractivity (Wildman–Crippen MR) is 92.0 cm³/mol. The van der Waals surface area contributed by atoms with Crippen molar-refractivity contribution in [2.45, 2.75) is 0 Å². The van der Waals surface area contributed by atoms with Crippen LogP contribution in [0.25, 0.3) is 6.08 Å². The van der Waals surface area contributed by atoms with Gasteiger partial charge in [0.2, 0.25) is 0 Å². The lowest BCUT2D eigenvalue weighted by molar-refractivity contribution is -0.115. The van der Waals surface area contributed by atoms with Crippen LogP contribution >= 0.6 is 23.4 Å². The molecule has 2 aromatic carbocycles.